The van der Waals surface area contributed by atoms with Crippen molar-refractivity contribution in [1.82, 2.24) is 25.1 Å². The van der Waals surface area contributed by atoms with Gasteiger partial charge in [-0.25, -0.2) is 4.98 Å². The van der Waals surface area contributed by atoms with Gasteiger partial charge in [-0.15, -0.1) is 0 Å². The maximum atomic E-state index is 13.3. The topological polar surface area (TPSA) is 151 Å². The number of ether oxygens (including phenoxy) is 1. The minimum absolute atomic E-state index is 0.0720. The number of fused-ring (bicyclic) bond motifs is 1. The van der Waals surface area contributed by atoms with Gasteiger partial charge in [0.05, 0.1) is 12.7 Å². The predicted octanol–water partition coefficient (Wildman–Crippen LogP) is 1.65. The number of amides is 4. The number of nitrogens with one attached hydrogen (secondary N) is 2. The number of halogens is 2. The Kier molecular flexibility index (Phi) is 7.65. The highest BCUT2D eigenvalue weighted by molar-refractivity contribution is 5.97. The number of imidazole rings is 1. The maximum absolute atomic E-state index is 13.3. The normalized spacial score (nSPS) is 12.3. The number of likely N-dealkylation sites (N-methyl/N-ethyl adjacent to an activating group) is 1. The van der Waals surface area contributed by atoms with Crippen molar-refractivity contribution < 1.29 is 32.7 Å². The number of alkyl halides is 2. The molecular formula is C25H24F2N6O5. The summed E-state index contributed by atoms with van der Waals surface area (Å²) in [5.41, 5.74) is 7.48. The quantitative estimate of drug-likeness (QED) is 0.386. The number of para-hydroxylation sites is 1. The van der Waals surface area contributed by atoms with Crippen LogP contribution in [0.3, 0.4) is 0 Å². The second-order valence-electron chi connectivity index (χ2n) is 8.48. The lowest BCUT2D eigenvalue weighted by Gasteiger charge is -2.22. The summed E-state index contributed by atoms with van der Waals surface area (Å²) in [6.45, 7) is -3.17. The Balaban J connectivity index is 1.52. The number of nitrogens with zero attached hydrogens (tertiary/aromatic N) is 3. The molecule has 0 aliphatic carbocycles. The highest BCUT2D eigenvalue weighted by Crippen LogP contribution is 2.26. The summed E-state index contributed by atoms with van der Waals surface area (Å²) in [6.07, 6.45) is 1.17. The molecule has 0 radical (unpaired) electrons. The van der Waals surface area contributed by atoms with Crippen LogP contribution in [0.2, 0.25) is 0 Å². The van der Waals surface area contributed by atoms with Crippen LogP contribution in [-0.4, -0.2) is 63.6 Å². The molecule has 13 heteroatoms. The van der Waals surface area contributed by atoms with E-state index >= 15 is 0 Å². The number of hydrogen-bond donors (Lipinski definition) is 3. The highest BCUT2D eigenvalue weighted by atomic mass is 19.3. The molecule has 38 heavy (non-hydrogen) atoms. The van der Waals surface area contributed by atoms with Crippen LogP contribution in [0.5, 0.6) is 5.75 Å². The molecule has 198 valence electrons. The SMILES string of the molecule is CNC(=O)CN(Cc1ccccc1OC(F)F)C(=O)c1cnc(C(=O)N2Cc3ccc(C(N)=O)cc3C2)[nH]1. The van der Waals surface area contributed by atoms with E-state index in [1.165, 1.54) is 36.3 Å². The third-order valence-electron chi connectivity index (χ3n) is 5.96. The van der Waals surface area contributed by atoms with E-state index in [9.17, 15) is 28.0 Å². The molecule has 3 aromatic rings. The van der Waals surface area contributed by atoms with Gasteiger partial charge in [-0.05, 0) is 29.3 Å². The largest absolute Gasteiger partial charge is 0.434 e. The summed E-state index contributed by atoms with van der Waals surface area (Å²) in [4.78, 5) is 59.3. The van der Waals surface area contributed by atoms with E-state index in [0.717, 1.165) is 16.0 Å². The number of benzene rings is 2. The molecule has 0 bridgehead atoms. The third-order valence-corrected chi connectivity index (χ3v) is 5.96. The van der Waals surface area contributed by atoms with Crippen molar-refractivity contribution in [3.63, 3.8) is 0 Å². The molecule has 2 heterocycles. The van der Waals surface area contributed by atoms with E-state index in [4.69, 9.17) is 5.73 Å². The molecular weight excluding hydrogens is 502 g/mol. The minimum atomic E-state index is -3.07. The fourth-order valence-corrected chi connectivity index (χ4v) is 4.05. The van der Waals surface area contributed by atoms with Crippen molar-refractivity contribution >= 4 is 23.6 Å². The first-order chi connectivity index (χ1) is 18.2. The molecule has 0 spiro atoms. The van der Waals surface area contributed by atoms with Crippen LogP contribution in [0, 0.1) is 0 Å². The van der Waals surface area contributed by atoms with Crippen LogP contribution < -0.4 is 15.8 Å². The first-order valence-corrected chi connectivity index (χ1v) is 11.4. The van der Waals surface area contributed by atoms with Gasteiger partial charge in [0.15, 0.2) is 5.82 Å². The van der Waals surface area contributed by atoms with Gasteiger partial charge in [0.25, 0.3) is 11.8 Å². The number of H-pyrrole nitrogens is 1. The van der Waals surface area contributed by atoms with Gasteiger partial charge in [-0.3, -0.25) is 19.2 Å². The van der Waals surface area contributed by atoms with Gasteiger partial charge in [0.2, 0.25) is 11.8 Å². The average Bonchev–Trinajstić information content (AvgIpc) is 3.55. The summed E-state index contributed by atoms with van der Waals surface area (Å²) in [6, 6.07) is 10.9. The third kappa shape index (κ3) is 5.77. The van der Waals surface area contributed by atoms with Crippen LogP contribution >= 0.6 is 0 Å². The van der Waals surface area contributed by atoms with E-state index in [-0.39, 0.29) is 49.0 Å². The highest BCUT2D eigenvalue weighted by Gasteiger charge is 2.28. The number of carbonyl (C=O) groups excluding carboxylic acids is 4. The Labute approximate surface area is 215 Å². The zero-order valence-electron chi connectivity index (χ0n) is 20.2. The van der Waals surface area contributed by atoms with Crippen molar-refractivity contribution in [2.24, 2.45) is 5.73 Å². The smallest absolute Gasteiger partial charge is 0.387 e. The van der Waals surface area contributed by atoms with Crippen molar-refractivity contribution in [3.8, 4) is 5.75 Å². The van der Waals surface area contributed by atoms with Crippen LogP contribution in [0.4, 0.5) is 8.78 Å². The van der Waals surface area contributed by atoms with Crippen LogP contribution in [-0.2, 0) is 24.4 Å². The molecule has 4 N–H and O–H groups in total. The summed E-state index contributed by atoms with van der Waals surface area (Å²) in [5, 5.41) is 2.41. The van der Waals surface area contributed by atoms with Crippen LogP contribution in [0.1, 0.15) is 48.2 Å². The van der Waals surface area contributed by atoms with Gasteiger partial charge in [0.1, 0.15) is 18.0 Å². The number of primary amides is 1. The monoisotopic (exact) mass is 526 g/mol. The lowest BCUT2D eigenvalue weighted by molar-refractivity contribution is -0.121. The van der Waals surface area contributed by atoms with E-state index in [2.05, 4.69) is 20.0 Å². The van der Waals surface area contributed by atoms with Gasteiger partial charge in [-0.1, -0.05) is 24.3 Å². The Bertz CT molecular complexity index is 1390. The lowest BCUT2D eigenvalue weighted by atomic mass is 10.1. The number of hydrogen-bond acceptors (Lipinski definition) is 6. The molecule has 4 amide bonds. The Morgan fingerprint density at radius 1 is 1.16 bits per heavy atom. The fourth-order valence-electron chi connectivity index (χ4n) is 4.05. The van der Waals surface area contributed by atoms with E-state index in [0.29, 0.717) is 5.56 Å². The molecule has 0 atom stereocenters. The van der Waals surface area contributed by atoms with Crippen molar-refractivity contribution in [2.75, 3.05) is 13.6 Å². The van der Waals surface area contributed by atoms with Crippen molar-refractivity contribution in [3.05, 3.63) is 82.4 Å². The van der Waals surface area contributed by atoms with E-state index < -0.39 is 30.2 Å². The van der Waals surface area contributed by atoms with Crippen molar-refractivity contribution in [1.29, 1.82) is 0 Å². The van der Waals surface area contributed by atoms with Crippen LogP contribution in [0.25, 0.3) is 0 Å². The molecule has 2 aromatic carbocycles. The van der Waals surface area contributed by atoms with E-state index in [1.54, 1.807) is 24.3 Å². The maximum Gasteiger partial charge on any atom is 0.387 e. The molecule has 0 fully saturated rings. The molecule has 0 unspecified atom stereocenters. The van der Waals surface area contributed by atoms with Crippen LogP contribution in [0.15, 0.2) is 48.7 Å². The average molecular weight is 527 g/mol. The second-order valence-corrected chi connectivity index (χ2v) is 8.48. The Morgan fingerprint density at radius 3 is 2.61 bits per heavy atom. The fraction of sp³-hybridized carbons (Fsp3) is 0.240. The molecule has 11 nitrogen and oxygen atoms in total. The summed E-state index contributed by atoms with van der Waals surface area (Å²) in [5.74, 6) is -2.45. The number of rotatable bonds is 9. The number of nitrogens with two attached hydrogens (primary N) is 1. The standard InChI is InChI=1S/C25H24F2N6O5/c1-29-20(34)13-33(11-16-4-2-3-5-19(16)38-25(26)27)23(36)18-9-30-22(31-18)24(37)32-10-15-7-6-14(21(28)35)8-17(15)12-32/h2-9,25H,10-13H2,1H3,(H2,28,35)(H,29,34)(H,30,31). The van der Waals surface area contributed by atoms with E-state index in [1.807, 2.05) is 0 Å². The zero-order chi connectivity index (χ0) is 27.4. The summed E-state index contributed by atoms with van der Waals surface area (Å²) < 4.78 is 30.2. The molecule has 0 saturated carbocycles. The lowest BCUT2D eigenvalue weighted by Crippen LogP contribution is -2.39. The Hall–Kier alpha value is -4.81. The zero-order valence-corrected chi connectivity index (χ0v) is 20.2. The Morgan fingerprint density at radius 2 is 1.89 bits per heavy atom. The number of aromatic nitrogens is 2. The first-order valence-electron chi connectivity index (χ1n) is 11.4. The second kappa shape index (κ2) is 11.1. The number of carbonyl (C=O) groups is 4. The molecule has 1 aliphatic heterocycles. The number of aromatic amines is 1. The summed E-state index contributed by atoms with van der Waals surface area (Å²) in [7, 11) is 1.40. The summed E-state index contributed by atoms with van der Waals surface area (Å²) >= 11 is 0. The van der Waals surface area contributed by atoms with Gasteiger partial charge < -0.3 is 30.6 Å². The minimum Gasteiger partial charge on any atom is -0.434 e. The molecule has 1 aromatic heterocycles. The van der Waals surface area contributed by atoms with Gasteiger partial charge in [0, 0.05) is 31.3 Å². The van der Waals surface area contributed by atoms with Gasteiger partial charge >= 0.3 is 6.61 Å². The molecule has 4 rings (SSSR count). The molecule has 1 aliphatic rings. The predicted molar refractivity (Wildman–Crippen MR) is 129 cm³/mol. The first kappa shape index (κ1) is 26.3. The molecule has 0 saturated heterocycles. The van der Waals surface area contributed by atoms with Crippen molar-refractivity contribution in [2.45, 2.75) is 26.2 Å². The van der Waals surface area contributed by atoms with Gasteiger partial charge in [-0.2, -0.15) is 8.78 Å².